The number of likely N-dealkylation sites (N-methyl/N-ethyl adjacent to an activating group) is 1. The fourth-order valence-electron chi connectivity index (χ4n) is 2.73. The highest BCUT2D eigenvalue weighted by Crippen LogP contribution is 2.39. The van der Waals surface area contributed by atoms with Gasteiger partial charge in [-0.15, -0.1) is 0 Å². The minimum Gasteiger partial charge on any atom is -0.493 e. The van der Waals surface area contributed by atoms with Crippen molar-refractivity contribution in [2.75, 3.05) is 27.4 Å². The highest BCUT2D eigenvalue weighted by Gasteiger charge is 2.31. The Balaban J connectivity index is 1.66. The van der Waals surface area contributed by atoms with Crippen LogP contribution in [0, 0.1) is 0 Å². The quantitative estimate of drug-likeness (QED) is 0.276. The van der Waals surface area contributed by atoms with Gasteiger partial charge in [-0.1, -0.05) is 41.6 Å². The standard InChI is InChI=1S/C21H17ClF3NO4S2/c1-26-19(27)17(32-20(26)31)10-12-8-15(22)18(16(9-12)28-2)30-7-6-29-14-5-3-4-13(11-14)21(23,24)25/h3-5,8-11H,6-7H2,1-2H3. The molecule has 32 heavy (non-hydrogen) atoms. The highest BCUT2D eigenvalue weighted by molar-refractivity contribution is 8.26. The van der Waals surface area contributed by atoms with Crippen molar-refractivity contribution in [1.82, 2.24) is 4.90 Å². The number of carbonyl (C=O) groups excluding carboxylic acids is 1. The van der Waals surface area contributed by atoms with Gasteiger partial charge in [0, 0.05) is 7.05 Å². The van der Waals surface area contributed by atoms with Crippen LogP contribution in [0.2, 0.25) is 5.02 Å². The normalized spacial score (nSPS) is 15.4. The fourth-order valence-corrected chi connectivity index (χ4v) is 4.18. The first-order chi connectivity index (χ1) is 15.1. The predicted molar refractivity (Wildman–Crippen MR) is 121 cm³/mol. The Labute approximate surface area is 197 Å². The van der Waals surface area contributed by atoms with E-state index in [2.05, 4.69) is 0 Å². The van der Waals surface area contributed by atoms with Gasteiger partial charge in [0.15, 0.2) is 11.5 Å². The number of thiocarbonyl (C=S) groups is 1. The molecule has 0 saturated carbocycles. The summed E-state index contributed by atoms with van der Waals surface area (Å²) in [6.45, 7) is 0.00167. The lowest BCUT2D eigenvalue weighted by atomic mass is 10.2. The van der Waals surface area contributed by atoms with Crippen molar-refractivity contribution >= 4 is 51.9 Å². The topological polar surface area (TPSA) is 48.0 Å². The Hall–Kier alpha value is -2.43. The van der Waals surface area contributed by atoms with Gasteiger partial charge in [-0.3, -0.25) is 9.69 Å². The minimum atomic E-state index is -4.45. The first kappa shape index (κ1) is 24.2. The molecular formula is C21H17ClF3NO4S2. The number of hydrogen-bond acceptors (Lipinski definition) is 6. The maximum Gasteiger partial charge on any atom is 0.416 e. The van der Waals surface area contributed by atoms with Gasteiger partial charge in [-0.2, -0.15) is 13.2 Å². The number of ether oxygens (including phenoxy) is 3. The van der Waals surface area contributed by atoms with Gasteiger partial charge >= 0.3 is 6.18 Å². The van der Waals surface area contributed by atoms with Crippen molar-refractivity contribution in [2.24, 2.45) is 0 Å². The van der Waals surface area contributed by atoms with Gasteiger partial charge in [-0.05, 0) is 42.0 Å². The molecule has 0 radical (unpaired) electrons. The van der Waals surface area contributed by atoms with Crippen LogP contribution in [-0.2, 0) is 11.0 Å². The third-order valence-electron chi connectivity index (χ3n) is 4.30. The smallest absolute Gasteiger partial charge is 0.416 e. The van der Waals surface area contributed by atoms with Gasteiger partial charge in [0.05, 0.1) is 22.6 Å². The number of benzene rings is 2. The molecule has 1 aliphatic rings. The van der Waals surface area contributed by atoms with Crippen LogP contribution in [0.4, 0.5) is 13.2 Å². The minimum absolute atomic E-state index is 0.0124. The zero-order valence-electron chi connectivity index (χ0n) is 16.9. The molecule has 3 rings (SSSR count). The average molecular weight is 504 g/mol. The summed E-state index contributed by atoms with van der Waals surface area (Å²) in [5.41, 5.74) is -0.176. The Morgan fingerprint density at radius 1 is 1.19 bits per heavy atom. The number of halogens is 4. The van der Waals surface area contributed by atoms with Crippen molar-refractivity contribution in [2.45, 2.75) is 6.18 Å². The van der Waals surface area contributed by atoms with Crippen molar-refractivity contribution in [3.63, 3.8) is 0 Å². The molecule has 2 aromatic carbocycles. The van der Waals surface area contributed by atoms with E-state index in [9.17, 15) is 18.0 Å². The van der Waals surface area contributed by atoms with Crippen molar-refractivity contribution in [1.29, 1.82) is 0 Å². The van der Waals surface area contributed by atoms with Crippen molar-refractivity contribution in [3.8, 4) is 17.2 Å². The average Bonchev–Trinajstić information content (AvgIpc) is 2.98. The maximum absolute atomic E-state index is 12.8. The summed E-state index contributed by atoms with van der Waals surface area (Å²) >= 11 is 12.6. The molecule has 2 aromatic rings. The molecule has 0 spiro atoms. The number of thioether (sulfide) groups is 1. The van der Waals surface area contributed by atoms with Gasteiger partial charge in [0.25, 0.3) is 5.91 Å². The van der Waals surface area contributed by atoms with Crippen LogP contribution in [0.5, 0.6) is 17.2 Å². The summed E-state index contributed by atoms with van der Waals surface area (Å²) in [6, 6.07) is 7.84. The van der Waals surface area contributed by atoms with Crippen LogP contribution in [0.1, 0.15) is 11.1 Å². The zero-order chi connectivity index (χ0) is 23.5. The molecule has 0 N–H and O–H groups in total. The summed E-state index contributed by atoms with van der Waals surface area (Å²) in [4.78, 5) is 14.0. The van der Waals surface area contributed by atoms with Crippen LogP contribution in [0.15, 0.2) is 41.3 Å². The van der Waals surface area contributed by atoms with Crippen LogP contribution in [-0.4, -0.2) is 42.5 Å². The van der Waals surface area contributed by atoms with Gasteiger partial charge in [0.1, 0.15) is 23.3 Å². The molecule has 0 aliphatic carbocycles. The SMILES string of the molecule is COc1cc(C=C2SC(=S)N(C)C2=O)cc(Cl)c1OCCOc1cccc(C(F)(F)F)c1. The number of rotatable bonds is 7. The molecule has 0 unspecified atom stereocenters. The van der Waals surface area contributed by atoms with E-state index >= 15 is 0 Å². The molecule has 5 nitrogen and oxygen atoms in total. The summed E-state index contributed by atoms with van der Waals surface area (Å²) in [7, 11) is 3.04. The predicted octanol–water partition coefficient (Wildman–Crippen LogP) is 5.66. The van der Waals surface area contributed by atoms with Crippen LogP contribution >= 0.6 is 35.6 Å². The lowest BCUT2D eigenvalue weighted by Crippen LogP contribution is -2.22. The van der Waals surface area contributed by atoms with Crippen LogP contribution < -0.4 is 14.2 Å². The van der Waals surface area contributed by atoms with E-state index in [1.165, 1.54) is 35.9 Å². The van der Waals surface area contributed by atoms with E-state index in [4.69, 9.17) is 38.0 Å². The molecule has 1 saturated heterocycles. The van der Waals surface area contributed by atoms with E-state index in [-0.39, 0.29) is 35.6 Å². The summed E-state index contributed by atoms with van der Waals surface area (Å²) < 4.78 is 55.1. The first-order valence-electron chi connectivity index (χ1n) is 9.12. The maximum atomic E-state index is 12.8. The summed E-state index contributed by atoms with van der Waals surface area (Å²) in [5.74, 6) is 0.448. The van der Waals surface area contributed by atoms with Crippen LogP contribution in [0.3, 0.4) is 0 Å². The van der Waals surface area contributed by atoms with Crippen molar-refractivity contribution < 1.29 is 32.2 Å². The molecule has 1 fully saturated rings. The molecule has 0 bridgehead atoms. The molecule has 0 aromatic heterocycles. The monoisotopic (exact) mass is 503 g/mol. The summed E-state index contributed by atoms with van der Waals surface area (Å²) in [6.07, 6.45) is -2.80. The Kier molecular flexibility index (Phi) is 7.58. The molecule has 1 aliphatic heterocycles. The number of amides is 1. The second-order valence-electron chi connectivity index (χ2n) is 6.50. The van der Waals surface area contributed by atoms with Crippen LogP contribution in [0.25, 0.3) is 6.08 Å². The Morgan fingerprint density at radius 3 is 2.53 bits per heavy atom. The Bertz CT molecular complexity index is 1080. The lowest BCUT2D eigenvalue weighted by Gasteiger charge is -2.14. The van der Waals surface area contributed by atoms with E-state index in [0.717, 1.165) is 12.1 Å². The number of methoxy groups -OCH3 is 1. The molecule has 170 valence electrons. The second kappa shape index (κ2) is 10.0. The third-order valence-corrected chi connectivity index (χ3v) is 6.06. The lowest BCUT2D eigenvalue weighted by molar-refractivity contribution is -0.137. The number of nitrogens with zero attached hydrogens (tertiary/aromatic N) is 1. The number of alkyl halides is 3. The molecular weight excluding hydrogens is 487 g/mol. The Morgan fingerprint density at radius 2 is 1.91 bits per heavy atom. The van der Waals surface area contributed by atoms with E-state index in [1.54, 1.807) is 25.3 Å². The molecule has 11 heteroatoms. The number of hydrogen-bond donors (Lipinski definition) is 0. The molecule has 0 atom stereocenters. The van der Waals surface area contributed by atoms with Gasteiger partial charge < -0.3 is 14.2 Å². The second-order valence-corrected chi connectivity index (χ2v) is 8.58. The highest BCUT2D eigenvalue weighted by atomic mass is 35.5. The van der Waals surface area contributed by atoms with E-state index in [1.807, 2.05) is 0 Å². The van der Waals surface area contributed by atoms with E-state index < -0.39 is 11.7 Å². The van der Waals surface area contributed by atoms with Crippen molar-refractivity contribution in [3.05, 3.63) is 57.5 Å². The first-order valence-corrected chi connectivity index (χ1v) is 10.7. The van der Waals surface area contributed by atoms with Gasteiger partial charge in [0.2, 0.25) is 0 Å². The molecule has 1 amide bonds. The van der Waals surface area contributed by atoms with Gasteiger partial charge in [-0.25, -0.2) is 0 Å². The number of carbonyl (C=O) groups is 1. The van der Waals surface area contributed by atoms with E-state index in [0.29, 0.717) is 20.5 Å². The third kappa shape index (κ3) is 5.67. The fraction of sp³-hybridized carbons (Fsp3) is 0.238. The zero-order valence-corrected chi connectivity index (χ0v) is 19.3. The largest absolute Gasteiger partial charge is 0.493 e. The molecule has 1 heterocycles. The summed E-state index contributed by atoms with van der Waals surface area (Å²) in [5, 5.41) is 0.238.